The van der Waals surface area contributed by atoms with Crippen molar-refractivity contribution in [1.29, 1.82) is 0 Å². The third-order valence-electron chi connectivity index (χ3n) is 3.42. The van der Waals surface area contributed by atoms with Gasteiger partial charge in [-0.05, 0) is 48.9 Å². The van der Waals surface area contributed by atoms with Gasteiger partial charge in [0.1, 0.15) is 11.5 Å². The van der Waals surface area contributed by atoms with E-state index in [0.29, 0.717) is 35.1 Å². The number of benzene rings is 2. The van der Waals surface area contributed by atoms with E-state index in [1.54, 1.807) is 30.3 Å². The molecule has 0 saturated carbocycles. The molecule has 3 nitrogen and oxygen atoms in total. The van der Waals surface area contributed by atoms with Crippen molar-refractivity contribution in [2.24, 2.45) is 0 Å². The van der Waals surface area contributed by atoms with Gasteiger partial charge in [0.05, 0.1) is 18.8 Å². The number of hydrogen-bond donors (Lipinski definition) is 0. The van der Waals surface area contributed by atoms with E-state index in [-0.39, 0.29) is 5.78 Å². The highest BCUT2D eigenvalue weighted by molar-refractivity contribution is 6.31. The van der Waals surface area contributed by atoms with Crippen molar-refractivity contribution in [3.63, 3.8) is 0 Å². The van der Waals surface area contributed by atoms with E-state index in [1.807, 2.05) is 13.0 Å². The minimum absolute atomic E-state index is 0.0845. The Bertz CT molecular complexity index is 677. The maximum atomic E-state index is 12.6. The predicted molar refractivity (Wildman–Crippen MR) is 81.7 cm³/mol. The summed E-state index contributed by atoms with van der Waals surface area (Å²) < 4.78 is 11.0. The van der Waals surface area contributed by atoms with Crippen LogP contribution in [0.25, 0.3) is 0 Å². The van der Waals surface area contributed by atoms with Crippen molar-refractivity contribution < 1.29 is 14.3 Å². The second-order valence-electron chi connectivity index (χ2n) is 4.83. The molecule has 0 atom stereocenters. The smallest absolute Gasteiger partial charge is 0.196 e. The lowest BCUT2D eigenvalue weighted by atomic mass is 9.99. The van der Waals surface area contributed by atoms with Crippen molar-refractivity contribution in [1.82, 2.24) is 0 Å². The molecule has 0 aromatic heterocycles. The summed E-state index contributed by atoms with van der Waals surface area (Å²) in [5, 5.41) is 0.563. The minimum atomic E-state index is -0.0845. The molecule has 1 heterocycles. The number of rotatable bonds is 4. The van der Waals surface area contributed by atoms with Crippen LogP contribution in [0.2, 0.25) is 5.02 Å². The van der Waals surface area contributed by atoms with Gasteiger partial charge in [0.2, 0.25) is 0 Å². The summed E-state index contributed by atoms with van der Waals surface area (Å²) >= 11 is 6.10. The molecule has 0 N–H and O–H groups in total. The van der Waals surface area contributed by atoms with Crippen LogP contribution in [0, 0.1) is 0 Å². The number of ketones is 1. The van der Waals surface area contributed by atoms with Gasteiger partial charge in [-0.1, -0.05) is 11.6 Å². The molecule has 3 rings (SSSR count). The Morgan fingerprint density at radius 1 is 1.29 bits per heavy atom. The number of fused-ring (bicyclic) bond motifs is 1. The summed E-state index contributed by atoms with van der Waals surface area (Å²) in [5.74, 6) is 1.33. The van der Waals surface area contributed by atoms with Gasteiger partial charge >= 0.3 is 0 Å². The van der Waals surface area contributed by atoms with Gasteiger partial charge in [-0.2, -0.15) is 0 Å². The third-order valence-corrected chi connectivity index (χ3v) is 3.64. The van der Waals surface area contributed by atoms with E-state index in [0.717, 1.165) is 17.7 Å². The van der Waals surface area contributed by atoms with E-state index >= 15 is 0 Å². The topological polar surface area (TPSA) is 35.5 Å². The van der Waals surface area contributed by atoms with E-state index in [9.17, 15) is 4.79 Å². The zero-order valence-electron chi connectivity index (χ0n) is 11.7. The Kier molecular flexibility index (Phi) is 3.84. The van der Waals surface area contributed by atoms with Gasteiger partial charge in [-0.25, -0.2) is 0 Å². The van der Waals surface area contributed by atoms with Gasteiger partial charge in [0, 0.05) is 17.0 Å². The lowest BCUT2D eigenvalue weighted by molar-refractivity contribution is 0.103. The number of carbonyl (C=O) groups is 1. The molecule has 21 heavy (non-hydrogen) atoms. The molecular formula is C17H15ClO3. The fourth-order valence-corrected chi connectivity index (χ4v) is 2.70. The van der Waals surface area contributed by atoms with Gasteiger partial charge in [-0.3, -0.25) is 4.79 Å². The van der Waals surface area contributed by atoms with Crippen molar-refractivity contribution in [3.8, 4) is 11.5 Å². The first-order valence-electron chi connectivity index (χ1n) is 6.92. The normalized spacial score (nSPS) is 12.7. The second-order valence-corrected chi connectivity index (χ2v) is 5.26. The molecule has 0 aliphatic carbocycles. The Morgan fingerprint density at radius 2 is 2.05 bits per heavy atom. The highest BCUT2D eigenvalue weighted by Crippen LogP contribution is 2.34. The Hall–Kier alpha value is -2.00. The lowest BCUT2D eigenvalue weighted by Crippen LogP contribution is -2.04. The van der Waals surface area contributed by atoms with E-state index in [4.69, 9.17) is 21.1 Å². The van der Waals surface area contributed by atoms with Gasteiger partial charge in [0.25, 0.3) is 0 Å². The van der Waals surface area contributed by atoms with Crippen LogP contribution in [-0.2, 0) is 6.42 Å². The van der Waals surface area contributed by atoms with Crippen LogP contribution in [0.15, 0.2) is 36.4 Å². The summed E-state index contributed by atoms with van der Waals surface area (Å²) in [5.41, 5.74) is 2.12. The van der Waals surface area contributed by atoms with E-state index < -0.39 is 0 Å². The SMILES string of the molecule is CCOc1ccc(C(=O)c2cc(Cl)cc3c2OCC3)cc1. The van der Waals surface area contributed by atoms with Crippen LogP contribution in [0.1, 0.15) is 28.4 Å². The second kappa shape index (κ2) is 5.78. The van der Waals surface area contributed by atoms with Gasteiger partial charge in [-0.15, -0.1) is 0 Å². The first-order chi connectivity index (χ1) is 10.2. The Morgan fingerprint density at radius 3 is 2.76 bits per heavy atom. The molecule has 0 unspecified atom stereocenters. The Balaban J connectivity index is 1.95. The number of halogens is 1. The molecule has 0 amide bonds. The average Bonchev–Trinajstić information content (AvgIpc) is 2.95. The summed E-state index contributed by atoms with van der Waals surface area (Å²) in [6, 6.07) is 10.6. The molecular weight excluding hydrogens is 288 g/mol. The molecule has 0 spiro atoms. The standard InChI is InChI=1S/C17H15ClO3/c1-2-20-14-5-3-11(4-6-14)16(19)15-10-13(18)9-12-7-8-21-17(12)15/h3-6,9-10H,2,7-8H2,1H3. The summed E-state index contributed by atoms with van der Waals surface area (Å²) in [4.78, 5) is 12.6. The van der Waals surface area contributed by atoms with Crippen molar-refractivity contribution in [2.45, 2.75) is 13.3 Å². The van der Waals surface area contributed by atoms with Crippen LogP contribution >= 0.6 is 11.6 Å². The number of hydrogen-bond acceptors (Lipinski definition) is 3. The molecule has 0 fully saturated rings. The lowest BCUT2D eigenvalue weighted by Gasteiger charge is -2.09. The first-order valence-corrected chi connectivity index (χ1v) is 7.29. The van der Waals surface area contributed by atoms with E-state index in [1.165, 1.54) is 0 Å². The zero-order chi connectivity index (χ0) is 14.8. The van der Waals surface area contributed by atoms with Crippen molar-refractivity contribution >= 4 is 17.4 Å². The van der Waals surface area contributed by atoms with Gasteiger partial charge in [0.15, 0.2) is 5.78 Å². The number of carbonyl (C=O) groups excluding carboxylic acids is 1. The third kappa shape index (κ3) is 2.74. The zero-order valence-corrected chi connectivity index (χ0v) is 12.4. The van der Waals surface area contributed by atoms with Crippen LogP contribution in [0.3, 0.4) is 0 Å². The summed E-state index contributed by atoms with van der Waals surface area (Å²) in [6.45, 7) is 3.12. The van der Waals surface area contributed by atoms with Crippen molar-refractivity contribution in [2.75, 3.05) is 13.2 Å². The fourth-order valence-electron chi connectivity index (χ4n) is 2.46. The van der Waals surface area contributed by atoms with Crippen LogP contribution in [0.4, 0.5) is 0 Å². The maximum Gasteiger partial charge on any atom is 0.196 e. The summed E-state index contributed by atoms with van der Waals surface area (Å²) in [6.07, 6.45) is 0.791. The molecule has 108 valence electrons. The highest BCUT2D eigenvalue weighted by Gasteiger charge is 2.22. The molecule has 0 bridgehead atoms. The molecule has 0 radical (unpaired) electrons. The molecule has 1 aliphatic heterocycles. The van der Waals surface area contributed by atoms with E-state index in [2.05, 4.69) is 0 Å². The van der Waals surface area contributed by atoms with Crippen LogP contribution in [0.5, 0.6) is 11.5 Å². The number of ether oxygens (including phenoxy) is 2. The largest absolute Gasteiger partial charge is 0.494 e. The molecule has 0 saturated heterocycles. The quantitative estimate of drug-likeness (QED) is 0.803. The maximum absolute atomic E-state index is 12.6. The van der Waals surface area contributed by atoms with Gasteiger partial charge < -0.3 is 9.47 Å². The monoisotopic (exact) mass is 302 g/mol. The molecule has 2 aromatic carbocycles. The van der Waals surface area contributed by atoms with Crippen LogP contribution in [-0.4, -0.2) is 19.0 Å². The first kappa shape index (κ1) is 14.0. The minimum Gasteiger partial charge on any atom is -0.494 e. The van der Waals surface area contributed by atoms with Crippen molar-refractivity contribution in [3.05, 3.63) is 58.1 Å². The molecule has 1 aliphatic rings. The molecule has 2 aromatic rings. The molecule has 4 heteroatoms. The highest BCUT2D eigenvalue weighted by atomic mass is 35.5. The van der Waals surface area contributed by atoms with Crippen LogP contribution < -0.4 is 9.47 Å². The average molecular weight is 303 g/mol. The fraction of sp³-hybridized carbons (Fsp3) is 0.235. The Labute approximate surface area is 128 Å². The predicted octanol–water partition coefficient (Wildman–Crippen LogP) is 3.90. The summed E-state index contributed by atoms with van der Waals surface area (Å²) in [7, 11) is 0.